The zero-order valence-corrected chi connectivity index (χ0v) is 16.7. The monoisotopic (exact) mass is 380 g/mol. The number of carbonyl (C=O) groups is 1. The second-order valence-corrected chi connectivity index (χ2v) is 8.04. The van der Waals surface area contributed by atoms with Crippen LogP contribution in [0.15, 0.2) is 41.8 Å². The average molecular weight is 381 g/mol. The molecule has 0 aliphatic carbocycles. The molecule has 1 atom stereocenters. The van der Waals surface area contributed by atoms with Gasteiger partial charge in [-0.3, -0.25) is 9.69 Å². The average Bonchev–Trinajstić information content (AvgIpc) is 3.25. The van der Waals surface area contributed by atoms with E-state index in [0.717, 1.165) is 35.7 Å². The normalized spacial score (nSPS) is 16.9. The Kier molecular flexibility index (Phi) is 4.85. The third kappa shape index (κ3) is 3.42. The van der Waals surface area contributed by atoms with Crippen molar-refractivity contribution in [1.82, 2.24) is 14.7 Å². The molecule has 0 unspecified atom stereocenters. The zero-order valence-electron chi connectivity index (χ0n) is 15.9. The van der Waals surface area contributed by atoms with Crippen LogP contribution in [-0.4, -0.2) is 33.7 Å². The third-order valence-corrected chi connectivity index (χ3v) is 6.30. The molecule has 27 heavy (non-hydrogen) atoms. The fourth-order valence-electron chi connectivity index (χ4n) is 3.79. The minimum atomic E-state index is 0.0133. The number of para-hydroxylation sites is 1. The van der Waals surface area contributed by atoms with Crippen molar-refractivity contribution in [1.29, 1.82) is 0 Å². The second kappa shape index (κ2) is 7.29. The number of rotatable bonds is 4. The van der Waals surface area contributed by atoms with Crippen molar-refractivity contribution in [3.8, 4) is 5.69 Å². The van der Waals surface area contributed by atoms with E-state index in [-0.39, 0.29) is 11.9 Å². The molecule has 3 aromatic rings. The van der Waals surface area contributed by atoms with Crippen molar-refractivity contribution in [3.05, 3.63) is 63.6 Å². The molecule has 0 saturated carbocycles. The van der Waals surface area contributed by atoms with E-state index in [1.165, 1.54) is 10.4 Å². The van der Waals surface area contributed by atoms with Gasteiger partial charge >= 0.3 is 0 Å². The molecule has 1 aromatic carbocycles. The lowest BCUT2D eigenvalue weighted by Gasteiger charge is -2.32. The van der Waals surface area contributed by atoms with Gasteiger partial charge in [0.1, 0.15) is 0 Å². The Bertz CT molecular complexity index is 960. The molecule has 2 aromatic heterocycles. The summed E-state index contributed by atoms with van der Waals surface area (Å²) in [6, 6.07) is 12.4. The summed E-state index contributed by atoms with van der Waals surface area (Å²) in [6.45, 7) is 7.42. The highest BCUT2D eigenvalue weighted by Crippen LogP contribution is 2.32. The number of benzene rings is 1. The lowest BCUT2D eigenvalue weighted by molar-refractivity contribution is -0.117. The number of hydrogen-bond donors (Lipinski definition) is 1. The van der Waals surface area contributed by atoms with Gasteiger partial charge in [0.2, 0.25) is 5.91 Å². The summed E-state index contributed by atoms with van der Waals surface area (Å²) >= 11 is 1.82. The highest BCUT2D eigenvalue weighted by atomic mass is 32.1. The van der Waals surface area contributed by atoms with Crippen LogP contribution < -0.4 is 5.32 Å². The summed E-state index contributed by atoms with van der Waals surface area (Å²) in [5.41, 5.74) is 4.94. The SMILES string of the molecule is Cc1nn(-c2ccccc2)c(C)c1NC(=O)CN1CCc2sccc2[C@H]1C. The van der Waals surface area contributed by atoms with Crippen LogP contribution >= 0.6 is 11.3 Å². The van der Waals surface area contributed by atoms with Crippen LogP contribution in [0.3, 0.4) is 0 Å². The summed E-state index contributed by atoms with van der Waals surface area (Å²) in [6.07, 6.45) is 1.02. The Hall–Kier alpha value is -2.44. The minimum absolute atomic E-state index is 0.0133. The maximum Gasteiger partial charge on any atom is 0.238 e. The van der Waals surface area contributed by atoms with E-state index in [4.69, 9.17) is 0 Å². The highest BCUT2D eigenvalue weighted by molar-refractivity contribution is 7.10. The van der Waals surface area contributed by atoms with Crippen molar-refractivity contribution in [2.45, 2.75) is 33.2 Å². The number of fused-ring (bicyclic) bond motifs is 1. The summed E-state index contributed by atoms with van der Waals surface area (Å²) in [4.78, 5) is 16.4. The fraction of sp³-hybridized carbons (Fsp3) is 0.333. The molecule has 0 bridgehead atoms. The maximum absolute atomic E-state index is 12.7. The van der Waals surface area contributed by atoms with Crippen molar-refractivity contribution < 1.29 is 4.79 Å². The molecule has 0 saturated heterocycles. The standard InChI is InChI=1S/C21H24N4OS/c1-14-21(16(3)25(23-14)17-7-5-4-6-8-17)22-20(26)13-24-11-9-19-18(15(24)2)10-12-27-19/h4-8,10,12,15H,9,11,13H2,1-3H3,(H,22,26)/t15-/m1/s1. The van der Waals surface area contributed by atoms with Crippen LogP contribution in [0.5, 0.6) is 0 Å². The molecular formula is C21H24N4OS. The lowest BCUT2D eigenvalue weighted by atomic mass is 10.0. The number of aryl methyl sites for hydroxylation is 1. The van der Waals surface area contributed by atoms with Crippen LogP contribution in [-0.2, 0) is 11.2 Å². The summed E-state index contributed by atoms with van der Waals surface area (Å²) in [5, 5.41) is 9.85. The Balaban J connectivity index is 1.48. The van der Waals surface area contributed by atoms with Crippen LogP contribution in [0.2, 0.25) is 0 Å². The van der Waals surface area contributed by atoms with Crippen LogP contribution in [0, 0.1) is 13.8 Å². The highest BCUT2D eigenvalue weighted by Gasteiger charge is 2.26. The van der Waals surface area contributed by atoms with Gasteiger partial charge in [-0.05, 0) is 56.3 Å². The smallest absolute Gasteiger partial charge is 0.238 e. The van der Waals surface area contributed by atoms with Crippen LogP contribution in [0.4, 0.5) is 5.69 Å². The first-order valence-corrected chi connectivity index (χ1v) is 10.1. The Morgan fingerprint density at radius 3 is 2.81 bits per heavy atom. The van der Waals surface area contributed by atoms with E-state index in [1.54, 1.807) is 0 Å². The predicted octanol–water partition coefficient (Wildman–Crippen LogP) is 4.11. The lowest BCUT2D eigenvalue weighted by Crippen LogP contribution is -2.39. The minimum Gasteiger partial charge on any atom is -0.322 e. The van der Waals surface area contributed by atoms with Gasteiger partial charge in [-0.1, -0.05) is 18.2 Å². The van der Waals surface area contributed by atoms with Gasteiger partial charge in [-0.2, -0.15) is 5.10 Å². The van der Waals surface area contributed by atoms with E-state index >= 15 is 0 Å². The predicted molar refractivity (Wildman–Crippen MR) is 110 cm³/mol. The van der Waals surface area contributed by atoms with Crippen LogP contribution in [0.1, 0.15) is 34.8 Å². The summed E-state index contributed by atoms with van der Waals surface area (Å²) < 4.78 is 1.88. The van der Waals surface area contributed by atoms with Gasteiger partial charge in [0.25, 0.3) is 0 Å². The second-order valence-electron chi connectivity index (χ2n) is 7.04. The first-order valence-electron chi connectivity index (χ1n) is 9.26. The number of nitrogens with one attached hydrogen (secondary N) is 1. The number of anilines is 1. The summed E-state index contributed by atoms with van der Waals surface area (Å²) in [7, 11) is 0. The molecule has 1 amide bonds. The van der Waals surface area contributed by atoms with Crippen molar-refractivity contribution >= 4 is 22.9 Å². The van der Waals surface area contributed by atoms with E-state index in [1.807, 2.05) is 60.2 Å². The van der Waals surface area contributed by atoms with Gasteiger partial charge < -0.3 is 5.32 Å². The Labute approximate surface area is 163 Å². The zero-order chi connectivity index (χ0) is 19.0. The first-order chi connectivity index (χ1) is 13.0. The fourth-order valence-corrected chi connectivity index (χ4v) is 4.75. The van der Waals surface area contributed by atoms with E-state index in [9.17, 15) is 4.79 Å². The molecule has 4 rings (SSSR count). The number of carbonyl (C=O) groups excluding carboxylic acids is 1. The molecule has 0 radical (unpaired) electrons. The van der Waals surface area contributed by atoms with E-state index in [0.29, 0.717) is 6.54 Å². The Morgan fingerprint density at radius 2 is 2.04 bits per heavy atom. The van der Waals surface area contributed by atoms with Crippen molar-refractivity contribution in [2.75, 3.05) is 18.4 Å². The summed E-state index contributed by atoms with van der Waals surface area (Å²) in [5.74, 6) is 0.0133. The van der Waals surface area contributed by atoms with Gasteiger partial charge in [0.05, 0.1) is 29.3 Å². The maximum atomic E-state index is 12.7. The molecule has 6 heteroatoms. The molecule has 0 spiro atoms. The largest absolute Gasteiger partial charge is 0.322 e. The van der Waals surface area contributed by atoms with E-state index in [2.05, 4.69) is 33.7 Å². The molecule has 1 aliphatic rings. The quantitative estimate of drug-likeness (QED) is 0.741. The van der Waals surface area contributed by atoms with Crippen molar-refractivity contribution in [2.24, 2.45) is 0 Å². The number of amides is 1. The number of hydrogen-bond acceptors (Lipinski definition) is 4. The number of thiophene rings is 1. The molecule has 1 aliphatic heterocycles. The first kappa shape index (κ1) is 17.9. The number of nitrogens with zero attached hydrogens (tertiary/aromatic N) is 3. The molecule has 0 fully saturated rings. The molecule has 5 nitrogen and oxygen atoms in total. The van der Waals surface area contributed by atoms with Gasteiger partial charge in [0, 0.05) is 17.5 Å². The Morgan fingerprint density at radius 1 is 1.26 bits per heavy atom. The molecular weight excluding hydrogens is 356 g/mol. The van der Waals surface area contributed by atoms with Gasteiger partial charge in [0.15, 0.2) is 0 Å². The van der Waals surface area contributed by atoms with Crippen LogP contribution in [0.25, 0.3) is 5.69 Å². The molecule has 1 N–H and O–H groups in total. The van der Waals surface area contributed by atoms with E-state index < -0.39 is 0 Å². The number of aromatic nitrogens is 2. The van der Waals surface area contributed by atoms with Crippen molar-refractivity contribution in [3.63, 3.8) is 0 Å². The van der Waals surface area contributed by atoms with Gasteiger partial charge in [-0.25, -0.2) is 4.68 Å². The topological polar surface area (TPSA) is 50.2 Å². The van der Waals surface area contributed by atoms with Gasteiger partial charge in [-0.15, -0.1) is 11.3 Å². The molecule has 3 heterocycles. The molecule has 140 valence electrons. The third-order valence-electron chi connectivity index (χ3n) is 5.31.